The molecule has 0 spiro atoms. The molecule has 0 amide bonds. The van der Waals surface area contributed by atoms with Crippen LogP contribution in [0.25, 0.3) is 16.8 Å². The van der Waals surface area contributed by atoms with Crippen molar-refractivity contribution in [2.24, 2.45) is 0 Å². The average molecular weight is 280 g/mol. The Balaban J connectivity index is 2.09. The van der Waals surface area contributed by atoms with Gasteiger partial charge in [-0.15, -0.1) is 0 Å². The molecule has 0 saturated heterocycles. The van der Waals surface area contributed by atoms with Gasteiger partial charge in [0.15, 0.2) is 0 Å². The van der Waals surface area contributed by atoms with Crippen LogP contribution >= 0.6 is 0 Å². The van der Waals surface area contributed by atoms with Crippen molar-refractivity contribution in [3.63, 3.8) is 0 Å². The first kappa shape index (κ1) is 12.9. The second-order valence-corrected chi connectivity index (χ2v) is 4.51. The molecule has 0 aliphatic rings. The molecular weight excluding hydrogens is 268 g/mol. The third-order valence-electron chi connectivity index (χ3n) is 3.17. The minimum Gasteiger partial charge on any atom is -0.393 e. The fourth-order valence-electron chi connectivity index (χ4n) is 2.17. The third kappa shape index (κ3) is 2.34. The van der Waals surface area contributed by atoms with Crippen molar-refractivity contribution in [2.75, 3.05) is 5.73 Å². The van der Waals surface area contributed by atoms with Gasteiger partial charge in [0.25, 0.3) is 0 Å². The molecule has 0 bridgehead atoms. The summed E-state index contributed by atoms with van der Waals surface area (Å²) in [5, 5.41) is 15.4. The molecule has 6 nitrogen and oxygen atoms in total. The van der Waals surface area contributed by atoms with Gasteiger partial charge in [-0.3, -0.25) is 10.1 Å². The summed E-state index contributed by atoms with van der Waals surface area (Å²) >= 11 is 0. The molecule has 21 heavy (non-hydrogen) atoms. The first-order chi connectivity index (χ1) is 10.2. The summed E-state index contributed by atoms with van der Waals surface area (Å²) in [7, 11) is 0. The van der Waals surface area contributed by atoms with E-state index in [-0.39, 0.29) is 11.4 Å². The van der Waals surface area contributed by atoms with E-state index in [4.69, 9.17) is 5.73 Å². The van der Waals surface area contributed by atoms with Crippen LogP contribution in [0.1, 0.15) is 0 Å². The molecule has 0 unspecified atom stereocenters. The Bertz CT molecular complexity index is 796. The molecular formula is C15H12N4O2. The number of nitrogen functional groups attached to an aromatic ring is 1. The number of nitro benzene ring substituents is 1. The summed E-state index contributed by atoms with van der Waals surface area (Å²) < 4.78 is 1.47. The van der Waals surface area contributed by atoms with E-state index in [1.165, 1.54) is 10.7 Å². The van der Waals surface area contributed by atoms with Crippen LogP contribution in [0.2, 0.25) is 0 Å². The Morgan fingerprint density at radius 1 is 1.05 bits per heavy atom. The molecule has 1 heterocycles. The summed E-state index contributed by atoms with van der Waals surface area (Å²) in [5.41, 5.74) is 7.90. The average Bonchev–Trinajstić information content (AvgIpc) is 2.97. The molecule has 6 heteroatoms. The lowest BCUT2D eigenvalue weighted by molar-refractivity contribution is -0.383. The highest BCUT2D eigenvalue weighted by Crippen LogP contribution is 2.30. The molecule has 104 valence electrons. The van der Waals surface area contributed by atoms with Crippen molar-refractivity contribution >= 4 is 11.4 Å². The Kier molecular flexibility index (Phi) is 3.12. The van der Waals surface area contributed by atoms with Crippen molar-refractivity contribution in [2.45, 2.75) is 0 Å². The highest BCUT2D eigenvalue weighted by Gasteiger charge is 2.19. The molecule has 3 rings (SSSR count). The van der Waals surface area contributed by atoms with E-state index < -0.39 is 4.92 Å². The number of rotatable bonds is 3. The van der Waals surface area contributed by atoms with Crippen LogP contribution in [0.5, 0.6) is 0 Å². The highest BCUT2D eigenvalue weighted by molar-refractivity contribution is 5.69. The predicted octanol–water partition coefficient (Wildman–Crippen LogP) is 3.03. The lowest BCUT2D eigenvalue weighted by Gasteiger charge is -2.04. The molecule has 0 saturated carbocycles. The molecule has 3 aromatic rings. The maximum atomic E-state index is 11.2. The van der Waals surface area contributed by atoms with Crippen molar-refractivity contribution in [3.05, 3.63) is 71.0 Å². The normalized spacial score (nSPS) is 10.5. The van der Waals surface area contributed by atoms with E-state index in [9.17, 15) is 10.1 Å². The van der Waals surface area contributed by atoms with Crippen LogP contribution in [0, 0.1) is 10.1 Å². The zero-order chi connectivity index (χ0) is 14.8. The quantitative estimate of drug-likeness (QED) is 0.454. The standard InChI is InChI=1S/C15H12N4O2/c16-13-7-4-8-14(15(13)19(20)21)18-10-12(9-17-18)11-5-2-1-3-6-11/h1-10H,16H2. The molecule has 0 aliphatic heterocycles. The first-order valence-corrected chi connectivity index (χ1v) is 6.30. The van der Waals surface area contributed by atoms with E-state index in [0.717, 1.165) is 11.1 Å². The van der Waals surface area contributed by atoms with Gasteiger partial charge in [-0.05, 0) is 17.7 Å². The number of hydrogen-bond donors (Lipinski definition) is 1. The lowest BCUT2D eigenvalue weighted by Crippen LogP contribution is -2.03. The molecule has 0 aliphatic carbocycles. The molecule has 0 atom stereocenters. The second kappa shape index (κ2) is 5.09. The third-order valence-corrected chi connectivity index (χ3v) is 3.17. The minimum absolute atomic E-state index is 0.120. The number of nitrogens with zero attached hydrogens (tertiary/aromatic N) is 3. The first-order valence-electron chi connectivity index (χ1n) is 6.30. The van der Waals surface area contributed by atoms with E-state index >= 15 is 0 Å². The molecule has 2 N–H and O–H groups in total. The Morgan fingerprint density at radius 3 is 2.52 bits per heavy atom. The fourth-order valence-corrected chi connectivity index (χ4v) is 2.17. The Morgan fingerprint density at radius 2 is 1.81 bits per heavy atom. The maximum absolute atomic E-state index is 11.2. The van der Waals surface area contributed by atoms with Crippen molar-refractivity contribution in [3.8, 4) is 16.8 Å². The SMILES string of the molecule is Nc1cccc(-n2cc(-c3ccccc3)cn2)c1[N+](=O)[O-]. The van der Waals surface area contributed by atoms with Gasteiger partial charge in [-0.25, -0.2) is 4.68 Å². The topological polar surface area (TPSA) is 87.0 Å². The minimum atomic E-state index is -0.492. The number of aromatic nitrogens is 2. The molecule has 0 fully saturated rings. The van der Waals surface area contributed by atoms with Gasteiger partial charge in [0, 0.05) is 11.8 Å². The van der Waals surface area contributed by atoms with Gasteiger partial charge in [-0.1, -0.05) is 36.4 Å². The summed E-state index contributed by atoms with van der Waals surface area (Å²) in [5.74, 6) is 0. The summed E-state index contributed by atoms with van der Waals surface area (Å²) in [6.45, 7) is 0. The van der Waals surface area contributed by atoms with Crippen molar-refractivity contribution in [1.29, 1.82) is 0 Å². The van der Waals surface area contributed by atoms with Crippen LogP contribution < -0.4 is 5.73 Å². The largest absolute Gasteiger partial charge is 0.393 e. The summed E-state index contributed by atoms with van der Waals surface area (Å²) in [4.78, 5) is 10.7. The summed E-state index contributed by atoms with van der Waals surface area (Å²) in [6, 6.07) is 14.5. The number of anilines is 1. The number of nitrogens with two attached hydrogens (primary N) is 1. The number of hydrogen-bond acceptors (Lipinski definition) is 4. The van der Waals surface area contributed by atoms with Crippen molar-refractivity contribution < 1.29 is 4.92 Å². The van der Waals surface area contributed by atoms with Crippen LogP contribution in [-0.4, -0.2) is 14.7 Å². The van der Waals surface area contributed by atoms with Gasteiger partial charge in [0.2, 0.25) is 0 Å². The highest BCUT2D eigenvalue weighted by atomic mass is 16.6. The van der Waals surface area contributed by atoms with E-state index in [2.05, 4.69) is 5.10 Å². The number of para-hydroxylation sites is 1. The van der Waals surface area contributed by atoms with E-state index in [1.807, 2.05) is 30.3 Å². The molecule has 0 radical (unpaired) electrons. The number of nitro groups is 1. The molecule has 1 aromatic heterocycles. The zero-order valence-corrected chi connectivity index (χ0v) is 11.0. The van der Waals surface area contributed by atoms with Gasteiger partial charge in [0.05, 0.1) is 11.1 Å². The van der Waals surface area contributed by atoms with Gasteiger partial charge in [-0.2, -0.15) is 5.10 Å². The maximum Gasteiger partial charge on any atom is 0.317 e. The Hall–Kier alpha value is -3.15. The Labute approximate surface area is 120 Å². The lowest BCUT2D eigenvalue weighted by atomic mass is 10.1. The van der Waals surface area contributed by atoms with Gasteiger partial charge >= 0.3 is 5.69 Å². The van der Waals surface area contributed by atoms with Crippen LogP contribution in [-0.2, 0) is 0 Å². The predicted molar refractivity (Wildman–Crippen MR) is 80.1 cm³/mol. The smallest absolute Gasteiger partial charge is 0.317 e. The van der Waals surface area contributed by atoms with Crippen molar-refractivity contribution in [1.82, 2.24) is 9.78 Å². The van der Waals surface area contributed by atoms with E-state index in [1.54, 1.807) is 24.5 Å². The van der Waals surface area contributed by atoms with Crippen LogP contribution in [0.3, 0.4) is 0 Å². The van der Waals surface area contributed by atoms with Gasteiger partial charge in [0.1, 0.15) is 11.4 Å². The number of benzene rings is 2. The summed E-state index contributed by atoms with van der Waals surface area (Å²) in [6.07, 6.45) is 3.42. The second-order valence-electron chi connectivity index (χ2n) is 4.51. The van der Waals surface area contributed by atoms with Crippen LogP contribution in [0.4, 0.5) is 11.4 Å². The van der Waals surface area contributed by atoms with Crippen LogP contribution in [0.15, 0.2) is 60.9 Å². The van der Waals surface area contributed by atoms with E-state index in [0.29, 0.717) is 5.69 Å². The fraction of sp³-hybridized carbons (Fsp3) is 0. The monoisotopic (exact) mass is 280 g/mol. The molecule has 2 aromatic carbocycles. The van der Waals surface area contributed by atoms with Gasteiger partial charge < -0.3 is 5.73 Å². The zero-order valence-electron chi connectivity index (χ0n) is 11.0.